The van der Waals surface area contributed by atoms with Crippen molar-refractivity contribution in [3.63, 3.8) is 0 Å². The number of aliphatic hydroxyl groups excluding tert-OH is 2. The molecule has 0 aliphatic rings. The van der Waals surface area contributed by atoms with Crippen molar-refractivity contribution in [1.82, 2.24) is 0 Å². The van der Waals surface area contributed by atoms with Crippen LogP contribution in [0.15, 0.2) is 0 Å². The lowest BCUT2D eigenvalue weighted by Crippen LogP contribution is -2.12. The quantitative estimate of drug-likeness (QED) is 0.325. The van der Waals surface area contributed by atoms with Crippen LogP contribution in [0.1, 0.15) is 84.0 Å². The minimum absolute atomic E-state index is 0.108. The second kappa shape index (κ2) is 20.7. The molecule has 0 aromatic carbocycles. The summed E-state index contributed by atoms with van der Waals surface area (Å²) in [5.41, 5.74) is 0. The zero-order valence-electron chi connectivity index (χ0n) is 14.1. The normalized spacial score (nSPS) is 11.6. The molecule has 0 spiro atoms. The highest BCUT2D eigenvalue weighted by atomic mass is 35.5. The summed E-state index contributed by atoms with van der Waals surface area (Å²) >= 11 is 5.04. The molecule has 1 unspecified atom stereocenters. The summed E-state index contributed by atoms with van der Waals surface area (Å²) in [7, 11) is 0. The van der Waals surface area contributed by atoms with Gasteiger partial charge in [-0.15, -0.1) is 11.6 Å². The van der Waals surface area contributed by atoms with E-state index in [2.05, 4.69) is 6.92 Å². The molecular formula is C17H35ClO4. The average molecular weight is 339 g/mol. The Labute approximate surface area is 140 Å². The van der Waals surface area contributed by atoms with Crippen LogP contribution in [-0.4, -0.2) is 39.9 Å². The lowest BCUT2D eigenvalue weighted by molar-refractivity contribution is -0.137. The largest absolute Gasteiger partial charge is 0.481 e. The van der Waals surface area contributed by atoms with Crippen molar-refractivity contribution < 1.29 is 20.1 Å². The number of carboxylic acids is 1. The maximum absolute atomic E-state index is 10.3. The van der Waals surface area contributed by atoms with Crippen molar-refractivity contribution >= 4 is 17.6 Å². The van der Waals surface area contributed by atoms with Crippen molar-refractivity contribution in [3.8, 4) is 0 Å². The van der Waals surface area contributed by atoms with Gasteiger partial charge in [0.15, 0.2) is 0 Å². The van der Waals surface area contributed by atoms with E-state index in [-0.39, 0.29) is 12.5 Å². The van der Waals surface area contributed by atoms with Crippen LogP contribution in [0.3, 0.4) is 0 Å². The number of carbonyl (C=O) groups is 1. The number of unbranched alkanes of at least 4 members (excludes halogenated alkanes) is 10. The Morgan fingerprint density at radius 1 is 0.909 bits per heavy atom. The summed E-state index contributed by atoms with van der Waals surface area (Å²) in [6.07, 6.45) is 13.6. The molecule has 5 heteroatoms. The fourth-order valence-corrected chi connectivity index (χ4v) is 2.09. The van der Waals surface area contributed by atoms with Crippen molar-refractivity contribution in [2.45, 2.75) is 90.1 Å². The average Bonchev–Trinajstić information content (AvgIpc) is 2.52. The van der Waals surface area contributed by atoms with Crippen molar-refractivity contribution in [2.75, 3.05) is 12.5 Å². The van der Waals surface area contributed by atoms with Crippen molar-refractivity contribution in [3.05, 3.63) is 0 Å². The molecule has 1 atom stereocenters. The first-order valence-electron chi connectivity index (χ1n) is 8.65. The molecule has 0 amide bonds. The van der Waals surface area contributed by atoms with Crippen LogP contribution in [0.2, 0.25) is 0 Å². The van der Waals surface area contributed by atoms with E-state index in [9.17, 15) is 4.79 Å². The zero-order valence-corrected chi connectivity index (χ0v) is 14.9. The van der Waals surface area contributed by atoms with Gasteiger partial charge in [0.05, 0.1) is 18.6 Å². The van der Waals surface area contributed by atoms with Gasteiger partial charge in [-0.25, -0.2) is 0 Å². The number of rotatable bonds is 14. The number of aliphatic hydroxyl groups is 2. The minimum atomic E-state index is -0.744. The van der Waals surface area contributed by atoms with Gasteiger partial charge in [-0.05, 0) is 6.42 Å². The molecule has 0 fully saturated rings. The zero-order chi connectivity index (χ0) is 17.1. The van der Waals surface area contributed by atoms with Gasteiger partial charge in [0, 0.05) is 6.42 Å². The number of hydrogen-bond acceptors (Lipinski definition) is 3. The van der Waals surface area contributed by atoms with E-state index in [1.807, 2.05) is 0 Å². The summed E-state index contributed by atoms with van der Waals surface area (Å²) in [5, 5.41) is 24.7. The highest BCUT2D eigenvalue weighted by Gasteiger charge is 1.96. The van der Waals surface area contributed by atoms with Gasteiger partial charge in [-0.1, -0.05) is 71.1 Å². The van der Waals surface area contributed by atoms with E-state index in [0.717, 1.165) is 12.8 Å². The molecule has 0 saturated heterocycles. The number of aliphatic carboxylic acids is 1. The van der Waals surface area contributed by atoms with Gasteiger partial charge in [-0.3, -0.25) is 4.79 Å². The first kappa shape index (κ1) is 23.9. The van der Waals surface area contributed by atoms with Gasteiger partial charge in [0.1, 0.15) is 0 Å². The van der Waals surface area contributed by atoms with E-state index in [4.69, 9.17) is 26.9 Å². The first-order valence-corrected chi connectivity index (χ1v) is 9.18. The Kier molecular flexibility index (Phi) is 22.5. The van der Waals surface area contributed by atoms with Crippen LogP contribution >= 0.6 is 11.6 Å². The Bertz CT molecular complexity index is 221. The predicted molar refractivity (Wildman–Crippen MR) is 92.5 cm³/mol. The third kappa shape index (κ3) is 24.7. The van der Waals surface area contributed by atoms with Gasteiger partial charge in [0.25, 0.3) is 0 Å². The second-order valence-corrected chi connectivity index (χ2v) is 5.98. The molecule has 0 radical (unpaired) electrons. The Morgan fingerprint density at radius 2 is 1.32 bits per heavy atom. The standard InChI is InChI=1S/C14H28O2.C3H7ClO2/c1-2-3-4-5-6-7-8-9-10-11-12-13-14(15)16;4-1-3(6)2-5/h2-13H2,1H3,(H,15,16);3,5-6H,1-2H2. The van der Waals surface area contributed by atoms with E-state index < -0.39 is 12.1 Å². The second-order valence-electron chi connectivity index (χ2n) is 5.67. The van der Waals surface area contributed by atoms with Crippen LogP contribution < -0.4 is 0 Å². The summed E-state index contributed by atoms with van der Waals surface area (Å²) in [6.45, 7) is 2.00. The SMILES string of the molecule is CCCCCCCCCCCCCC(=O)O.OCC(O)CCl. The van der Waals surface area contributed by atoms with Crippen molar-refractivity contribution in [1.29, 1.82) is 0 Å². The molecular weight excluding hydrogens is 304 g/mol. The van der Waals surface area contributed by atoms with E-state index in [0.29, 0.717) is 6.42 Å². The minimum Gasteiger partial charge on any atom is -0.481 e. The monoisotopic (exact) mass is 338 g/mol. The van der Waals surface area contributed by atoms with E-state index in [1.54, 1.807) is 0 Å². The van der Waals surface area contributed by atoms with Crippen LogP contribution in [0.25, 0.3) is 0 Å². The summed E-state index contributed by atoms with van der Waals surface area (Å²) in [4.78, 5) is 10.3. The molecule has 22 heavy (non-hydrogen) atoms. The molecule has 4 nitrogen and oxygen atoms in total. The van der Waals surface area contributed by atoms with Gasteiger partial charge < -0.3 is 15.3 Å². The molecule has 0 bridgehead atoms. The molecule has 0 rings (SSSR count). The first-order chi connectivity index (χ1) is 10.6. The lowest BCUT2D eigenvalue weighted by atomic mass is 10.1. The van der Waals surface area contributed by atoms with Crippen LogP contribution in [0.5, 0.6) is 0 Å². The maximum atomic E-state index is 10.3. The number of alkyl halides is 1. The van der Waals surface area contributed by atoms with Gasteiger partial charge in [0.2, 0.25) is 0 Å². The van der Waals surface area contributed by atoms with Crippen LogP contribution in [0, 0.1) is 0 Å². The molecule has 3 N–H and O–H groups in total. The number of carboxylic acid groups (broad SMARTS) is 1. The molecule has 0 saturated carbocycles. The fourth-order valence-electron chi connectivity index (χ4n) is 1.99. The van der Waals surface area contributed by atoms with Gasteiger partial charge >= 0.3 is 5.97 Å². The summed E-state index contributed by atoms with van der Waals surface area (Å²) in [6, 6.07) is 0. The Hall–Kier alpha value is -0.320. The van der Waals surface area contributed by atoms with E-state index in [1.165, 1.54) is 57.8 Å². The Balaban J connectivity index is 0. The van der Waals surface area contributed by atoms with Crippen LogP contribution in [0.4, 0.5) is 0 Å². The highest BCUT2D eigenvalue weighted by Crippen LogP contribution is 2.11. The molecule has 0 heterocycles. The third-order valence-electron chi connectivity index (χ3n) is 3.38. The summed E-state index contributed by atoms with van der Waals surface area (Å²) in [5.74, 6) is -0.549. The third-order valence-corrected chi connectivity index (χ3v) is 3.74. The number of halogens is 1. The predicted octanol–water partition coefficient (Wildman–Crippen LogP) is 4.35. The molecule has 0 aromatic rings. The number of hydrogen-bond donors (Lipinski definition) is 3. The lowest BCUT2D eigenvalue weighted by Gasteiger charge is -2.01. The smallest absolute Gasteiger partial charge is 0.303 e. The molecule has 0 aliphatic heterocycles. The Morgan fingerprint density at radius 3 is 1.59 bits per heavy atom. The topological polar surface area (TPSA) is 77.8 Å². The fraction of sp³-hybridized carbons (Fsp3) is 0.941. The summed E-state index contributed by atoms with van der Waals surface area (Å²) < 4.78 is 0. The molecule has 0 aromatic heterocycles. The van der Waals surface area contributed by atoms with E-state index >= 15 is 0 Å². The maximum Gasteiger partial charge on any atom is 0.303 e. The van der Waals surface area contributed by atoms with Crippen molar-refractivity contribution in [2.24, 2.45) is 0 Å². The van der Waals surface area contributed by atoms with Gasteiger partial charge in [-0.2, -0.15) is 0 Å². The molecule has 0 aliphatic carbocycles. The molecule has 134 valence electrons. The van der Waals surface area contributed by atoms with Crippen LogP contribution in [-0.2, 0) is 4.79 Å². The highest BCUT2D eigenvalue weighted by molar-refractivity contribution is 6.18.